The predicted octanol–water partition coefficient (Wildman–Crippen LogP) is 3.21. The second-order valence-electron chi connectivity index (χ2n) is 5.25. The van der Waals surface area contributed by atoms with Crippen LogP contribution in [0.15, 0.2) is 29.8 Å². The van der Waals surface area contributed by atoms with Gasteiger partial charge in [0.2, 0.25) is 0 Å². The molecule has 0 aliphatic carbocycles. The van der Waals surface area contributed by atoms with Crippen molar-refractivity contribution in [3.8, 4) is 5.75 Å². The lowest BCUT2D eigenvalue weighted by Crippen LogP contribution is -2.29. The molecule has 1 aromatic rings. The lowest BCUT2D eigenvalue weighted by molar-refractivity contribution is -0.147. The van der Waals surface area contributed by atoms with Gasteiger partial charge in [-0.05, 0) is 43.5 Å². The van der Waals surface area contributed by atoms with Crippen molar-refractivity contribution in [3.63, 3.8) is 0 Å². The minimum atomic E-state index is -0.563. The molecule has 114 valence electrons. The van der Waals surface area contributed by atoms with Crippen LogP contribution in [0.4, 0.5) is 0 Å². The Balaban J connectivity index is 2.15. The van der Waals surface area contributed by atoms with Crippen LogP contribution in [0.5, 0.6) is 5.75 Å². The van der Waals surface area contributed by atoms with Crippen molar-refractivity contribution in [2.75, 3.05) is 20.3 Å². The topological polar surface area (TPSA) is 44.8 Å². The number of carbonyl (C=O) groups excluding carboxylic acids is 1. The minimum Gasteiger partial charge on any atom is -0.497 e. The van der Waals surface area contributed by atoms with Crippen molar-refractivity contribution in [2.45, 2.75) is 32.3 Å². The summed E-state index contributed by atoms with van der Waals surface area (Å²) in [6.07, 6.45) is 3.18. The van der Waals surface area contributed by atoms with Gasteiger partial charge < -0.3 is 14.2 Å². The number of hydrogen-bond donors (Lipinski definition) is 0. The fourth-order valence-electron chi connectivity index (χ4n) is 2.52. The summed E-state index contributed by atoms with van der Waals surface area (Å²) in [6.45, 7) is 4.79. The Morgan fingerprint density at radius 2 is 2.10 bits per heavy atom. The molecule has 1 saturated heterocycles. The number of benzene rings is 1. The lowest BCUT2D eigenvalue weighted by atomic mass is 9.90. The van der Waals surface area contributed by atoms with Gasteiger partial charge in [0.15, 0.2) is 0 Å². The molecule has 0 N–H and O–H groups in total. The number of methoxy groups -OCH3 is 1. The van der Waals surface area contributed by atoms with Crippen molar-refractivity contribution in [2.24, 2.45) is 0 Å². The first kappa shape index (κ1) is 15.6. The standard InChI is InChI=1S/C17H22O4/c1-4-20-16(18)12-17(2)14(9-10-21-17)11-13-5-7-15(19-3)8-6-13/h5-8,11H,4,9-10,12H2,1-3H3/b14-11+. The molecule has 0 amide bonds. The third-order valence-electron chi connectivity index (χ3n) is 3.71. The Morgan fingerprint density at radius 1 is 1.38 bits per heavy atom. The van der Waals surface area contributed by atoms with Crippen LogP contribution in [0, 0.1) is 0 Å². The molecule has 0 spiro atoms. The highest BCUT2D eigenvalue weighted by atomic mass is 16.5. The van der Waals surface area contributed by atoms with E-state index in [2.05, 4.69) is 6.08 Å². The Hall–Kier alpha value is -1.81. The molecule has 0 aromatic heterocycles. The van der Waals surface area contributed by atoms with Crippen molar-refractivity contribution >= 4 is 12.0 Å². The summed E-state index contributed by atoms with van der Waals surface area (Å²) in [5.41, 5.74) is 1.64. The third kappa shape index (κ3) is 3.85. The Bertz CT molecular complexity index is 518. The van der Waals surface area contributed by atoms with Gasteiger partial charge in [-0.25, -0.2) is 0 Å². The summed E-state index contributed by atoms with van der Waals surface area (Å²) in [7, 11) is 1.65. The van der Waals surface area contributed by atoms with E-state index in [-0.39, 0.29) is 12.4 Å². The van der Waals surface area contributed by atoms with Crippen LogP contribution in [0.25, 0.3) is 6.08 Å². The zero-order valence-electron chi connectivity index (χ0n) is 12.8. The summed E-state index contributed by atoms with van der Waals surface area (Å²) in [4.78, 5) is 11.7. The number of ether oxygens (including phenoxy) is 3. The van der Waals surface area contributed by atoms with E-state index in [0.29, 0.717) is 13.2 Å². The van der Waals surface area contributed by atoms with Crippen LogP contribution < -0.4 is 4.74 Å². The first-order valence-electron chi connectivity index (χ1n) is 7.22. The van der Waals surface area contributed by atoms with Gasteiger partial charge in [-0.3, -0.25) is 4.79 Å². The largest absolute Gasteiger partial charge is 0.497 e. The average molecular weight is 290 g/mol. The summed E-state index contributed by atoms with van der Waals surface area (Å²) < 4.78 is 16.0. The molecular formula is C17H22O4. The van der Waals surface area contributed by atoms with Gasteiger partial charge in [0.25, 0.3) is 0 Å². The molecule has 4 heteroatoms. The second-order valence-corrected chi connectivity index (χ2v) is 5.25. The third-order valence-corrected chi connectivity index (χ3v) is 3.71. The molecule has 0 saturated carbocycles. The van der Waals surface area contributed by atoms with Gasteiger partial charge in [-0.15, -0.1) is 0 Å². The molecule has 4 nitrogen and oxygen atoms in total. The van der Waals surface area contributed by atoms with Gasteiger partial charge in [-0.1, -0.05) is 18.2 Å². The quantitative estimate of drug-likeness (QED) is 0.781. The average Bonchev–Trinajstić information content (AvgIpc) is 2.80. The van der Waals surface area contributed by atoms with E-state index in [1.807, 2.05) is 38.1 Å². The fraction of sp³-hybridized carbons (Fsp3) is 0.471. The number of esters is 1. The number of rotatable bonds is 5. The van der Waals surface area contributed by atoms with Gasteiger partial charge >= 0.3 is 5.97 Å². The van der Waals surface area contributed by atoms with E-state index in [4.69, 9.17) is 14.2 Å². The minimum absolute atomic E-state index is 0.220. The zero-order valence-corrected chi connectivity index (χ0v) is 12.8. The first-order valence-corrected chi connectivity index (χ1v) is 7.22. The van der Waals surface area contributed by atoms with Crippen LogP contribution in [-0.2, 0) is 14.3 Å². The Kier molecular flexibility index (Phi) is 5.02. The van der Waals surface area contributed by atoms with E-state index in [1.54, 1.807) is 7.11 Å². The fourth-order valence-corrected chi connectivity index (χ4v) is 2.52. The molecule has 1 aliphatic rings. The van der Waals surface area contributed by atoms with Gasteiger partial charge in [0.05, 0.1) is 32.3 Å². The van der Waals surface area contributed by atoms with Crippen molar-refractivity contribution < 1.29 is 19.0 Å². The molecular weight excluding hydrogens is 268 g/mol. The highest BCUT2D eigenvalue weighted by molar-refractivity contribution is 5.72. The Labute approximate surface area is 125 Å². The molecule has 21 heavy (non-hydrogen) atoms. The highest BCUT2D eigenvalue weighted by Crippen LogP contribution is 2.36. The maximum atomic E-state index is 11.7. The molecule has 1 heterocycles. The molecule has 1 unspecified atom stereocenters. The van der Waals surface area contributed by atoms with Crippen LogP contribution in [-0.4, -0.2) is 31.9 Å². The number of hydrogen-bond acceptors (Lipinski definition) is 4. The summed E-state index contributed by atoms with van der Waals surface area (Å²) >= 11 is 0. The maximum absolute atomic E-state index is 11.7. The maximum Gasteiger partial charge on any atom is 0.309 e. The van der Waals surface area contributed by atoms with Crippen LogP contribution in [0.3, 0.4) is 0 Å². The second kappa shape index (κ2) is 6.76. The molecule has 1 aliphatic heterocycles. The lowest BCUT2D eigenvalue weighted by Gasteiger charge is -2.24. The summed E-state index contributed by atoms with van der Waals surface area (Å²) in [5, 5.41) is 0. The first-order chi connectivity index (χ1) is 10.1. The van der Waals surface area contributed by atoms with Crippen LogP contribution in [0.1, 0.15) is 32.3 Å². The van der Waals surface area contributed by atoms with Crippen molar-refractivity contribution in [3.05, 3.63) is 35.4 Å². The molecule has 2 rings (SSSR count). The van der Waals surface area contributed by atoms with Gasteiger partial charge in [0, 0.05) is 0 Å². The molecule has 1 aromatic carbocycles. The zero-order chi connectivity index (χ0) is 15.3. The van der Waals surface area contributed by atoms with E-state index in [9.17, 15) is 4.79 Å². The van der Waals surface area contributed by atoms with E-state index >= 15 is 0 Å². The summed E-state index contributed by atoms with van der Waals surface area (Å²) in [5.74, 6) is 0.608. The van der Waals surface area contributed by atoms with E-state index < -0.39 is 5.60 Å². The monoisotopic (exact) mass is 290 g/mol. The van der Waals surface area contributed by atoms with Crippen LogP contribution in [0.2, 0.25) is 0 Å². The molecule has 0 bridgehead atoms. The Morgan fingerprint density at radius 3 is 2.71 bits per heavy atom. The highest BCUT2D eigenvalue weighted by Gasteiger charge is 2.37. The predicted molar refractivity (Wildman–Crippen MR) is 81.2 cm³/mol. The normalized spacial score (nSPS) is 23.3. The number of carbonyl (C=O) groups is 1. The van der Waals surface area contributed by atoms with Crippen LogP contribution >= 0.6 is 0 Å². The molecule has 0 radical (unpaired) electrons. The van der Waals surface area contributed by atoms with Crippen molar-refractivity contribution in [1.29, 1.82) is 0 Å². The smallest absolute Gasteiger partial charge is 0.309 e. The molecule has 1 fully saturated rings. The SMILES string of the molecule is CCOC(=O)CC1(C)OCC/C1=C\c1ccc(OC)cc1. The van der Waals surface area contributed by atoms with Gasteiger partial charge in [-0.2, -0.15) is 0 Å². The summed E-state index contributed by atoms with van der Waals surface area (Å²) in [6, 6.07) is 7.83. The van der Waals surface area contributed by atoms with Crippen molar-refractivity contribution in [1.82, 2.24) is 0 Å². The van der Waals surface area contributed by atoms with E-state index in [0.717, 1.165) is 23.3 Å². The molecule has 1 atom stereocenters. The van der Waals surface area contributed by atoms with Gasteiger partial charge in [0.1, 0.15) is 5.75 Å². The van der Waals surface area contributed by atoms with E-state index in [1.165, 1.54) is 0 Å².